The van der Waals surface area contributed by atoms with Crippen LogP contribution in [-0.2, 0) is 5.60 Å². The Morgan fingerprint density at radius 2 is 1.56 bits per heavy atom. The van der Waals surface area contributed by atoms with E-state index in [9.17, 15) is 5.11 Å². The largest absolute Gasteiger partial charge is 0.385 e. The van der Waals surface area contributed by atoms with Gasteiger partial charge in [0, 0.05) is 18.8 Å². The van der Waals surface area contributed by atoms with Crippen LogP contribution >= 0.6 is 0 Å². The van der Waals surface area contributed by atoms with Gasteiger partial charge in [0.25, 0.3) is 0 Å². The average Bonchev–Trinajstić information content (AvgIpc) is 3.10. The van der Waals surface area contributed by atoms with Gasteiger partial charge in [0.1, 0.15) is 0 Å². The Balaban J connectivity index is 1.76. The summed E-state index contributed by atoms with van der Waals surface area (Å²) in [7, 11) is 0. The van der Waals surface area contributed by atoms with E-state index in [4.69, 9.17) is 0 Å². The zero-order valence-corrected chi connectivity index (χ0v) is 9.65. The van der Waals surface area contributed by atoms with Crippen LogP contribution < -0.4 is 4.90 Å². The summed E-state index contributed by atoms with van der Waals surface area (Å²) in [5.74, 6) is 0. The first-order valence-corrected chi connectivity index (χ1v) is 6.36. The van der Waals surface area contributed by atoms with Crippen molar-refractivity contribution in [2.45, 2.75) is 37.7 Å². The van der Waals surface area contributed by atoms with Crippen molar-refractivity contribution in [3.05, 3.63) is 29.8 Å². The third-order valence-electron chi connectivity index (χ3n) is 3.85. The van der Waals surface area contributed by atoms with E-state index in [1.807, 2.05) is 0 Å². The average molecular weight is 217 g/mol. The van der Waals surface area contributed by atoms with Gasteiger partial charge in [-0.15, -0.1) is 0 Å². The molecule has 1 aromatic carbocycles. The van der Waals surface area contributed by atoms with Gasteiger partial charge in [0.05, 0.1) is 5.60 Å². The molecule has 1 heterocycles. The number of hydrogen-bond acceptors (Lipinski definition) is 2. The number of anilines is 1. The predicted molar refractivity (Wildman–Crippen MR) is 65.6 cm³/mol. The van der Waals surface area contributed by atoms with Crippen LogP contribution in [0.3, 0.4) is 0 Å². The summed E-state index contributed by atoms with van der Waals surface area (Å²) in [4.78, 5) is 2.45. The Labute approximate surface area is 96.9 Å². The smallest absolute Gasteiger partial charge is 0.0899 e. The number of rotatable bonds is 2. The van der Waals surface area contributed by atoms with Gasteiger partial charge in [0.2, 0.25) is 0 Å². The van der Waals surface area contributed by atoms with E-state index in [-0.39, 0.29) is 0 Å². The maximum Gasteiger partial charge on any atom is 0.0899 e. The molecule has 0 radical (unpaired) electrons. The zero-order chi connectivity index (χ0) is 11.0. The summed E-state index contributed by atoms with van der Waals surface area (Å²) >= 11 is 0. The fourth-order valence-electron chi connectivity index (χ4n) is 2.54. The van der Waals surface area contributed by atoms with E-state index in [0.29, 0.717) is 0 Å². The first-order chi connectivity index (χ1) is 7.78. The standard InChI is InChI=1S/C14H19NO/c16-14(8-9-14)12-4-6-13(7-5-12)15-10-2-1-3-11-15/h4-7,16H,1-3,8-11H2. The van der Waals surface area contributed by atoms with Crippen molar-refractivity contribution in [1.82, 2.24) is 0 Å². The Kier molecular flexibility index (Phi) is 2.40. The molecule has 0 bridgehead atoms. The summed E-state index contributed by atoms with van der Waals surface area (Å²) in [6.45, 7) is 2.37. The van der Waals surface area contributed by atoms with Crippen molar-refractivity contribution in [3.63, 3.8) is 0 Å². The monoisotopic (exact) mass is 217 g/mol. The molecule has 2 heteroatoms. The minimum Gasteiger partial charge on any atom is -0.385 e. The summed E-state index contributed by atoms with van der Waals surface area (Å²) in [5, 5.41) is 9.99. The van der Waals surface area contributed by atoms with Gasteiger partial charge in [-0.25, -0.2) is 0 Å². The summed E-state index contributed by atoms with van der Waals surface area (Å²) in [6, 6.07) is 8.52. The molecule has 1 aliphatic heterocycles. The maximum atomic E-state index is 9.99. The quantitative estimate of drug-likeness (QED) is 0.823. The van der Waals surface area contributed by atoms with Crippen LogP contribution in [0.4, 0.5) is 5.69 Å². The van der Waals surface area contributed by atoms with Crippen molar-refractivity contribution in [1.29, 1.82) is 0 Å². The van der Waals surface area contributed by atoms with Crippen LogP contribution in [0.5, 0.6) is 0 Å². The highest BCUT2D eigenvalue weighted by atomic mass is 16.3. The third-order valence-corrected chi connectivity index (χ3v) is 3.85. The van der Waals surface area contributed by atoms with E-state index >= 15 is 0 Å². The van der Waals surface area contributed by atoms with Gasteiger partial charge in [-0.2, -0.15) is 0 Å². The molecule has 2 fully saturated rings. The van der Waals surface area contributed by atoms with E-state index in [2.05, 4.69) is 29.2 Å². The minimum atomic E-state index is -0.486. The molecule has 1 saturated carbocycles. The van der Waals surface area contributed by atoms with Gasteiger partial charge in [-0.05, 0) is 49.8 Å². The third kappa shape index (κ3) is 1.82. The highest BCUT2D eigenvalue weighted by Gasteiger charge is 2.41. The molecule has 0 spiro atoms. The van der Waals surface area contributed by atoms with Crippen molar-refractivity contribution >= 4 is 5.69 Å². The van der Waals surface area contributed by atoms with Crippen molar-refractivity contribution in [3.8, 4) is 0 Å². The first-order valence-electron chi connectivity index (χ1n) is 6.36. The molecule has 2 nitrogen and oxygen atoms in total. The fraction of sp³-hybridized carbons (Fsp3) is 0.571. The van der Waals surface area contributed by atoms with Crippen LogP contribution in [-0.4, -0.2) is 18.2 Å². The SMILES string of the molecule is OC1(c2ccc(N3CCCCC3)cc2)CC1. The molecule has 1 aliphatic carbocycles. The minimum absolute atomic E-state index is 0.486. The van der Waals surface area contributed by atoms with E-state index in [1.54, 1.807) is 0 Å². The van der Waals surface area contributed by atoms with E-state index in [1.165, 1.54) is 38.0 Å². The highest BCUT2D eigenvalue weighted by molar-refractivity contribution is 5.49. The molecule has 16 heavy (non-hydrogen) atoms. The fourth-order valence-corrected chi connectivity index (χ4v) is 2.54. The molecule has 0 amide bonds. The Morgan fingerprint density at radius 3 is 2.12 bits per heavy atom. The lowest BCUT2D eigenvalue weighted by Crippen LogP contribution is -2.29. The summed E-state index contributed by atoms with van der Waals surface area (Å²) in [5.41, 5.74) is 1.92. The van der Waals surface area contributed by atoms with Gasteiger partial charge in [-0.1, -0.05) is 12.1 Å². The van der Waals surface area contributed by atoms with Crippen LogP contribution in [0.2, 0.25) is 0 Å². The molecule has 1 aromatic rings. The first kappa shape index (κ1) is 10.2. The second kappa shape index (κ2) is 3.77. The molecule has 0 atom stereocenters. The van der Waals surface area contributed by atoms with Crippen LogP contribution in [0, 0.1) is 0 Å². The molecular weight excluding hydrogens is 198 g/mol. The molecule has 1 saturated heterocycles. The van der Waals surface area contributed by atoms with Gasteiger partial charge >= 0.3 is 0 Å². The molecule has 2 aliphatic rings. The highest BCUT2D eigenvalue weighted by Crippen LogP contribution is 2.45. The molecule has 3 rings (SSSR count). The van der Waals surface area contributed by atoms with Gasteiger partial charge in [-0.3, -0.25) is 0 Å². The van der Waals surface area contributed by atoms with E-state index in [0.717, 1.165) is 18.4 Å². The second-order valence-corrected chi connectivity index (χ2v) is 5.13. The Morgan fingerprint density at radius 1 is 0.938 bits per heavy atom. The molecule has 1 N–H and O–H groups in total. The number of benzene rings is 1. The van der Waals surface area contributed by atoms with E-state index < -0.39 is 5.60 Å². The van der Waals surface area contributed by atoms with Crippen LogP contribution in [0.15, 0.2) is 24.3 Å². The molecule has 0 aromatic heterocycles. The Hall–Kier alpha value is -1.02. The molecular formula is C14H19NO. The van der Waals surface area contributed by atoms with Crippen LogP contribution in [0.1, 0.15) is 37.7 Å². The number of piperidine rings is 1. The predicted octanol–water partition coefficient (Wildman–Crippen LogP) is 2.66. The van der Waals surface area contributed by atoms with Gasteiger partial charge < -0.3 is 10.0 Å². The zero-order valence-electron chi connectivity index (χ0n) is 9.65. The summed E-state index contributed by atoms with van der Waals surface area (Å²) in [6.07, 6.45) is 5.85. The molecule has 86 valence electrons. The normalized spacial score (nSPS) is 23.2. The van der Waals surface area contributed by atoms with Gasteiger partial charge in [0.15, 0.2) is 0 Å². The Bertz CT molecular complexity index is 361. The number of aliphatic hydroxyl groups is 1. The molecule has 0 unspecified atom stereocenters. The lowest BCUT2D eigenvalue weighted by atomic mass is 10.1. The van der Waals surface area contributed by atoms with Crippen molar-refractivity contribution < 1.29 is 5.11 Å². The number of hydrogen-bond donors (Lipinski definition) is 1. The summed E-state index contributed by atoms with van der Waals surface area (Å²) < 4.78 is 0. The maximum absolute atomic E-state index is 9.99. The second-order valence-electron chi connectivity index (χ2n) is 5.13. The lowest BCUT2D eigenvalue weighted by molar-refractivity contribution is 0.151. The lowest BCUT2D eigenvalue weighted by Gasteiger charge is -2.29. The topological polar surface area (TPSA) is 23.5 Å². The van der Waals surface area contributed by atoms with Crippen molar-refractivity contribution in [2.24, 2.45) is 0 Å². The number of nitrogens with zero attached hydrogens (tertiary/aromatic N) is 1. The van der Waals surface area contributed by atoms with Crippen LogP contribution in [0.25, 0.3) is 0 Å². The van der Waals surface area contributed by atoms with Crippen molar-refractivity contribution in [2.75, 3.05) is 18.0 Å².